The van der Waals surface area contributed by atoms with Gasteiger partial charge in [0, 0.05) is 75.0 Å². The first-order valence-corrected chi connectivity index (χ1v) is 53.6. The SMILES string of the molecule is Cc1ccc(S(=O)(=O)N(C)CC(=O)Cl)cc1.Cc1ccc(S(=O)(=O)N(C)CC(=O)N(Cc2ccc(C3CCCCC3)cn2)c2ccc(C(=O)O)c(O)c2)cc1.Cc1ccc(S(=O)(=O)N(C)CC(=O)N(Cc2ccc(C3CCCCC3)cn2)c2ccc(C(=O)OCc3ccccc3)c(OCc3ccccc3)c2)cc1.O=C(OCc1ccccc1)c1ccc(NCc2ccc(C3CCCCC3)cn2)cc1OCc1ccccc1. The number of esters is 2. The van der Waals surface area contributed by atoms with Gasteiger partial charge in [-0.3, -0.25) is 29.3 Å². The Bertz CT molecular complexity index is 6880. The quantitative estimate of drug-likeness (QED) is 0.0240. The summed E-state index contributed by atoms with van der Waals surface area (Å²) in [6.07, 6.45) is 24.1. The van der Waals surface area contributed by atoms with Crippen molar-refractivity contribution in [3.63, 3.8) is 0 Å². The van der Waals surface area contributed by atoms with Gasteiger partial charge in [-0.2, -0.15) is 12.9 Å². The highest BCUT2D eigenvalue weighted by atomic mass is 35.5. The lowest BCUT2D eigenvalue weighted by atomic mass is 9.85. The number of hydrogen-bond acceptors (Lipinski definition) is 21. The molecular formula is C115H124ClN9O18S3. The van der Waals surface area contributed by atoms with E-state index in [4.69, 9.17) is 40.5 Å². The average molecular weight is 2050 g/mol. The van der Waals surface area contributed by atoms with Crippen molar-refractivity contribution in [2.45, 2.75) is 196 Å². The number of aromatic hydroxyl groups is 1. The van der Waals surface area contributed by atoms with E-state index in [0.717, 1.165) is 94.5 Å². The molecular weight excluding hydrogens is 1930 g/mol. The topological polar surface area (TPSA) is 349 Å². The summed E-state index contributed by atoms with van der Waals surface area (Å²) in [6, 6.07) is 84.1. The number of nitrogens with zero attached hydrogens (tertiary/aromatic N) is 8. The molecule has 0 radical (unpaired) electrons. The van der Waals surface area contributed by atoms with Crippen molar-refractivity contribution < 1.29 is 83.2 Å². The van der Waals surface area contributed by atoms with Crippen molar-refractivity contribution in [1.29, 1.82) is 0 Å². The van der Waals surface area contributed by atoms with Gasteiger partial charge in [-0.05, 0) is 219 Å². The normalized spacial score (nSPS) is 13.5. The van der Waals surface area contributed by atoms with Crippen molar-refractivity contribution in [3.8, 4) is 17.2 Å². The Hall–Kier alpha value is -14.1. The van der Waals surface area contributed by atoms with E-state index in [1.807, 2.05) is 191 Å². The number of hydrogen-bond donors (Lipinski definition) is 3. The molecule has 13 aromatic rings. The second kappa shape index (κ2) is 53.1. The van der Waals surface area contributed by atoms with E-state index in [1.54, 1.807) is 60.7 Å². The van der Waals surface area contributed by atoms with E-state index in [9.17, 15) is 64.2 Å². The third-order valence-corrected chi connectivity index (χ3v) is 31.4. The van der Waals surface area contributed by atoms with Crippen molar-refractivity contribution in [1.82, 2.24) is 27.9 Å². The summed E-state index contributed by atoms with van der Waals surface area (Å²) in [6.45, 7) is 5.81. The van der Waals surface area contributed by atoms with E-state index >= 15 is 0 Å². The second-order valence-electron chi connectivity index (χ2n) is 36.7. The molecule has 16 rings (SSSR count). The number of rotatable bonds is 37. The van der Waals surface area contributed by atoms with Crippen LogP contribution < -0.4 is 24.6 Å². The van der Waals surface area contributed by atoms with Crippen molar-refractivity contribution in [3.05, 3.63) is 393 Å². The number of ether oxygens (including phenoxy) is 4. The van der Waals surface area contributed by atoms with Gasteiger partial charge in [0.05, 0.1) is 71.0 Å². The van der Waals surface area contributed by atoms with E-state index in [1.165, 1.54) is 167 Å². The van der Waals surface area contributed by atoms with Gasteiger partial charge in [-0.25, -0.2) is 39.6 Å². The Balaban J connectivity index is 0.000000172. The van der Waals surface area contributed by atoms with Crippen LogP contribution >= 0.6 is 11.6 Å². The molecule has 0 aliphatic heterocycles. The lowest BCUT2D eigenvalue weighted by Gasteiger charge is -2.27. The molecule has 146 heavy (non-hydrogen) atoms. The third kappa shape index (κ3) is 31.5. The number of sulfonamides is 3. The molecule has 31 heteroatoms. The smallest absolute Gasteiger partial charge is 0.342 e. The number of phenols is 1. The number of pyridine rings is 3. The largest absolute Gasteiger partial charge is 0.507 e. The molecule has 2 amide bonds. The number of carboxylic acids is 1. The molecule has 3 N–H and O–H groups in total. The van der Waals surface area contributed by atoms with Crippen molar-refractivity contribution >= 4 is 93.7 Å². The zero-order chi connectivity index (χ0) is 104. The van der Waals surface area contributed by atoms with Gasteiger partial charge < -0.3 is 44.3 Å². The van der Waals surface area contributed by atoms with E-state index < -0.39 is 83.9 Å². The van der Waals surface area contributed by atoms with Crippen LogP contribution in [0.4, 0.5) is 17.1 Å². The number of aryl methyl sites for hydroxylation is 3. The molecule has 0 spiro atoms. The fourth-order valence-corrected chi connectivity index (χ4v) is 20.9. The number of carbonyl (C=O) groups is 6. The standard InChI is InChI=1S/C43H45N3O6S.C33H34N2O3.C29H33N3O6S.C10H12ClNO3S/c1-32-18-23-39(24-19-32)53(49,50)45(2)29-42(47)46(28-37-21-20-36(27-44-37)35-16-10-5-11-17-35)38-22-25-40(43(48)52-31-34-14-8-4-9-15-34)41(26-38)51-30-33-12-6-3-7-13-33;36-33(38-24-26-12-6-2-7-13-26)31-19-18-29(20-32(31)37-23-25-10-4-1-5-11-25)35-22-30-17-16-28(21-34-30)27-14-8-3-9-15-27;1-20-8-13-25(14-9-20)39(37,38)31(2)19-28(34)32(24-12-15-26(29(35)36)27(33)16-24)18-23-11-10-22(17-30-23)21-6-4-3-5-7-21;1-8-3-5-9(6-4-8)16(14,15)12(2)7-10(11)13/h3-4,6-9,12-15,18-27,35H,5,10-11,16-17,28-31H2,1-2H3;1-2,4-7,10-13,16-21,27,35H,3,8-9,14-15,22-24H2;8-17,21,33H,3-7,18-19H2,1-2H3,(H,35,36);3-6H,7H2,1-2H3. The average Bonchev–Trinajstić information content (AvgIpc) is 0.798. The summed E-state index contributed by atoms with van der Waals surface area (Å²) in [5, 5.41) is 22.3. The van der Waals surface area contributed by atoms with Crippen LogP contribution in [0.5, 0.6) is 17.2 Å². The van der Waals surface area contributed by atoms with Crippen molar-refractivity contribution in [2.75, 3.05) is 55.9 Å². The van der Waals surface area contributed by atoms with Gasteiger partial charge in [-0.1, -0.05) is 250 Å². The summed E-state index contributed by atoms with van der Waals surface area (Å²) in [5.74, 6) is -1.53. The Morgan fingerprint density at radius 1 is 0.370 bits per heavy atom. The summed E-state index contributed by atoms with van der Waals surface area (Å²) in [4.78, 5) is 93.3. The molecule has 0 bridgehead atoms. The molecule has 3 aliphatic carbocycles. The van der Waals surface area contributed by atoms with E-state index in [0.29, 0.717) is 59.3 Å². The third-order valence-electron chi connectivity index (χ3n) is 25.9. The number of aromatic nitrogens is 3. The molecule has 762 valence electrons. The summed E-state index contributed by atoms with van der Waals surface area (Å²) < 4.78 is 104. The maximum Gasteiger partial charge on any atom is 0.342 e. The number of halogens is 1. The zero-order valence-electron chi connectivity index (χ0n) is 82.9. The van der Waals surface area contributed by atoms with Crippen LogP contribution in [0.25, 0.3) is 0 Å². The molecule has 27 nitrogen and oxygen atoms in total. The summed E-state index contributed by atoms with van der Waals surface area (Å²) in [7, 11) is -7.50. The maximum absolute atomic E-state index is 14.2. The van der Waals surface area contributed by atoms with Crippen LogP contribution in [-0.4, -0.2) is 139 Å². The van der Waals surface area contributed by atoms with Gasteiger partial charge in [0.2, 0.25) is 47.1 Å². The molecule has 3 saturated carbocycles. The maximum atomic E-state index is 14.2. The predicted molar refractivity (Wildman–Crippen MR) is 564 cm³/mol. The molecule has 0 unspecified atom stereocenters. The highest BCUT2D eigenvalue weighted by Crippen LogP contribution is 2.38. The zero-order valence-corrected chi connectivity index (χ0v) is 86.1. The number of carboxylic acid groups (broad SMARTS) is 1. The minimum absolute atomic E-state index is 0.00799. The van der Waals surface area contributed by atoms with Crippen LogP contribution in [0.3, 0.4) is 0 Å². The number of amides is 2. The van der Waals surface area contributed by atoms with Gasteiger partial charge in [-0.15, -0.1) is 0 Å². The number of anilines is 3. The van der Waals surface area contributed by atoms with Gasteiger partial charge in [0.1, 0.15) is 60.4 Å². The minimum atomic E-state index is -3.97. The highest BCUT2D eigenvalue weighted by molar-refractivity contribution is 7.89. The first-order valence-electron chi connectivity index (χ1n) is 48.9. The lowest BCUT2D eigenvalue weighted by Crippen LogP contribution is -2.41. The van der Waals surface area contributed by atoms with Crippen LogP contribution in [0.1, 0.15) is 218 Å². The Morgan fingerprint density at radius 2 is 0.692 bits per heavy atom. The Morgan fingerprint density at radius 3 is 1.03 bits per heavy atom. The molecule has 0 saturated heterocycles. The molecule has 3 heterocycles. The van der Waals surface area contributed by atoms with Crippen LogP contribution in [0.15, 0.2) is 318 Å². The first-order chi connectivity index (χ1) is 70.3. The van der Waals surface area contributed by atoms with Crippen molar-refractivity contribution in [2.24, 2.45) is 0 Å². The summed E-state index contributed by atoms with van der Waals surface area (Å²) in [5.41, 5.74) is 14.2. The van der Waals surface area contributed by atoms with E-state index in [-0.39, 0.29) is 76.7 Å². The van der Waals surface area contributed by atoms with E-state index in [2.05, 4.69) is 28.5 Å². The summed E-state index contributed by atoms with van der Waals surface area (Å²) >= 11 is 5.15. The highest BCUT2D eigenvalue weighted by Gasteiger charge is 2.32. The van der Waals surface area contributed by atoms with Gasteiger partial charge in [0.15, 0.2) is 0 Å². The molecule has 3 aromatic heterocycles. The first kappa shape index (κ1) is 109. The fourth-order valence-electron chi connectivity index (χ4n) is 17.3. The Kier molecular flexibility index (Phi) is 39.7. The fraction of sp³-hybridized carbons (Fsp3) is 0.296. The monoisotopic (exact) mass is 2050 g/mol. The molecule has 3 aliphatic rings. The number of likely N-dealkylation sites (N-methyl/N-ethyl adjacent to an activating group) is 3. The van der Waals surface area contributed by atoms with Crippen LogP contribution in [0.2, 0.25) is 0 Å². The predicted octanol–water partition coefficient (Wildman–Crippen LogP) is 22.0. The number of carbonyl (C=O) groups excluding carboxylic acids is 5. The second-order valence-corrected chi connectivity index (χ2v) is 43.3. The van der Waals surface area contributed by atoms with Gasteiger partial charge in [0.25, 0.3) is 0 Å². The van der Waals surface area contributed by atoms with Crippen LogP contribution in [0, 0.1) is 20.8 Å². The Labute approximate surface area is 860 Å². The number of nitrogens with one attached hydrogen (secondary N) is 1. The number of benzene rings is 10. The van der Waals surface area contributed by atoms with Crippen LogP contribution in [-0.2, 0) is 100.0 Å². The minimum Gasteiger partial charge on any atom is -0.507 e. The number of aromatic carboxylic acids is 1. The lowest BCUT2D eigenvalue weighted by molar-refractivity contribution is -0.119. The molecule has 10 aromatic carbocycles. The molecule has 3 fully saturated rings. The van der Waals surface area contributed by atoms with Gasteiger partial charge >= 0.3 is 17.9 Å². The molecule has 0 atom stereocenters.